The Bertz CT molecular complexity index is 82.0. The zero-order chi connectivity index (χ0) is 7.98. The topological polar surface area (TPSA) is 0 Å². The van der Waals surface area contributed by atoms with E-state index in [0.717, 1.165) is 11.8 Å². The van der Waals surface area contributed by atoms with E-state index in [9.17, 15) is 0 Å². The summed E-state index contributed by atoms with van der Waals surface area (Å²) in [5.74, 6) is 1.68. The number of hydrogen-bond acceptors (Lipinski definition) is 0. The fraction of sp³-hybridized carbons (Fsp3) is 0.818. The van der Waals surface area contributed by atoms with Crippen molar-refractivity contribution in [3.63, 3.8) is 0 Å². The fourth-order valence-electron chi connectivity index (χ4n) is 1.31. The van der Waals surface area contributed by atoms with Crippen molar-refractivity contribution < 1.29 is 0 Å². The first-order chi connectivity index (χ1) is 4.72. The van der Waals surface area contributed by atoms with E-state index < -0.39 is 0 Å². The van der Waals surface area contributed by atoms with Crippen LogP contribution in [0.1, 0.15) is 47.5 Å². The molecule has 0 heteroatoms. The van der Waals surface area contributed by atoms with E-state index in [2.05, 4.69) is 27.4 Å². The summed E-state index contributed by atoms with van der Waals surface area (Å²) in [7, 11) is 0. The van der Waals surface area contributed by atoms with Crippen molar-refractivity contribution in [2.24, 2.45) is 11.8 Å². The second kappa shape index (κ2) is 7.84. The van der Waals surface area contributed by atoms with Gasteiger partial charge in [0.1, 0.15) is 0 Å². The number of allylic oxidation sites excluding steroid dienone is 1. The summed E-state index contributed by atoms with van der Waals surface area (Å²) in [6.45, 7) is 10.6. The lowest BCUT2D eigenvalue weighted by Crippen LogP contribution is -2.06. The van der Waals surface area contributed by atoms with Crippen molar-refractivity contribution in [1.29, 1.82) is 0 Å². The third kappa shape index (κ3) is 6.15. The molecule has 0 aliphatic heterocycles. The molecule has 68 valence electrons. The van der Waals surface area contributed by atoms with Gasteiger partial charge in [0.25, 0.3) is 0 Å². The van der Waals surface area contributed by atoms with Gasteiger partial charge in [0, 0.05) is 0 Å². The van der Waals surface area contributed by atoms with Crippen LogP contribution in [-0.2, 0) is 0 Å². The summed E-state index contributed by atoms with van der Waals surface area (Å²) < 4.78 is 0. The molecule has 0 aromatic rings. The molecule has 0 aliphatic carbocycles. The molecule has 0 saturated carbocycles. The zero-order valence-corrected chi connectivity index (χ0v) is 7.56. The van der Waals surface area contributed by atoms with E-state index in [1.807, 2.05) is 6.08 Å². The van der Waals surface area contributed by atoms with Crippen LogP contribution in [0.5, 0.6) is 0 Å². The summed E-state index contributed by atoms with van der Waals surface area (Å²) in [5.41, 5.74) is 0. The van der Waals surface area contributed by atoms with Crippen LogP contribution in [0.4, 0.5) is 0 Å². The van der Waals surface area contributed by atoms with Crippen LogP contribution in [0.2, 0.25) is 0 Å². The summed E-state index contributed by atoms with van der Waals surface area (Å²) in [6, 6.07) is 0. The highest BCUT2D eigenvalue weighted by Crippen LogP contribution is 2.20. The Morgan fingerprint density at radius 3 is 2.18 bits per heavy atom. The molecule has 0 N–H and O–H groups in total. The lowest BCUT2D eigenvalue weighted by Gasteiger charge is -2.17. The molecule has 0 aromatic carbocycles. The third-order valence-electron chi connectivity index (χ3n) is 2.07. The lowest BCUT2D eigenvalue weighted by atomic mass is 9.89. The number of rotatable bonds is 5. The van der Waals surface area contributed by atoms with Crippen molar-refractivity contribution >= 4 is 0 Å². The van der Waals surface area contributed by atoms with E-state index in [0.29, 0.717) is 0 Å². The van der Waals surface area contributed by atoms with Gasteiger partial charge in [-0.1, -0.05) is 47.1 Å². The van der Waals surface area contributed by atoms with Gasteiger partial charge >= 0.3 is 0 Å². The van der Waals surface area contributed by atoms with E-state index >= 15 is 0 Å². The van der Waals surface area contributed by atoms with Gasteiger partial charge in [-0.05, 0) is 18.3 Å². The number of hydrogen-bond donors (Lipinski definition) is 0. The molecule has 0 rings (SSSR count). The van der Waals surface area contributed by atoms with Gasteiger partial charge in [0.15, 0.2) is 0 Å². The average Bonchev–Trinajstić information content (AvgIpc) is 1.87. The molecule has 0 aromatic heterocycles. The van der Waals surface area contributed by atoms with Crippen LogP contribution in [0.15, 0.2) is 12.7 Å². The van der Waals surface area contributed by atoms with Crippen LogP contribution >= 0.6 is 0 Å². The van der Waals surface area contributed by atoms with Crippen molar-refractivity contribution in [2.75, 3.05) is 0 Å². The van der Waals surface area contributed by atoms with Gasteiger partial charge in [-0.3, -0.25) is 0 Å². The molecule has 1 atom stereocenters. The molecule has 0 nitrogen and oxygen atoms in total. The predicted molar refractivity (Wildman–Crippen MR) is 54.8 cm³/mol. The monoisotopic (exact) mass is 156 g/mol. The predicted octanol–water partition coefficient (Wildman–Crippen LogP) is 4.27. The molecular weight excluding hydrogens is 132 g/mol. The highest BCUT2D eigenvalue weighted by atomic mass is 14.1. The first-order valence-electron chi connectivity index (χ1n) is 4.33. The second-order valence-electron chi connectivity index (χ2n) is 3.32. The van der Waals surface area contributed by atoms with Crippen LogP contribution in [0.25, 0.3) is 0 Å². The SMILES string of the molecule is C.C=CC[C@H](CCC)C(C)C. The first-order valence-corrected chi connectivity index (χ1v) is 4.33. The van der Waals surface area contributed by atoms with E-state index in [-0.39, 0.29) is 7.43 Å². The first kappa shape index (κ1) is 13.3. The second-order valence-corrected chi connectivity index (χ2v) is 3.32. The molecule has 0 saturated heterocycles. The average molecular weight is 156 g/mol. The quantitative estimate of drug-likeness (QED) is 0.521. The molecule has 0 heterocycles. The molecule has 0 bridgehead atoms. The zero-order valence-electron chi connectivity index (χ0n) is 7.56. The highest BCUT2D eigenvalue weighted by Gasteiger charge is 2.09. The molecule has 0 radical (unpaired) electrons. The van der Waals surface area contributed by atoms with Gasteiger partial charge in [-0.25, -0.2) is 0 Å². The fourth-order valence-corrected chi connectivity index (χ4v) is 1.31. The molecule has 0 fully saturated rings. The summed E-state index contributed by atoms with van der Waals surface area (Å²) >= 11 is 0. The summed E-state index contributed by atoms with van der Waals surface area (Å²) in [5, 5.41) is 0. The molecular formula is C11H24. The minimum absolute atomic E-state index is 0. The van der Waals surface area contributed by atoms with Crippen molar-refractivity contribution in [3.05, 3.63) is 12.7 Å². The molecule has 0 unspecified atom stereocenters. The van der Waals surface area contributed by atoms with E-state index in [1.54, 1.807) is 0 Å². The van der Waals surface area contributed by atoms with Crippen molar-refractivity contribution in [1.82, 2.24) is 0 Å². The molecule has 0 aliphatic rings. The summed E-state index contributed by atoms with van der Waals surface area (Å²) in [6.07, 6.45) is 5.88. The molecule has 11 heavy (non-hydrogen) atoms. The van der Waals surface area contributed by atoms with Gasteiger partial charge in [0.05, 0.1) is 0 Å². The van der Waals surface area contributed by atoms with Crippen LogP contribution in [-0.4, -0.2) is 0 Å². The Hall–Kier alpha value is -0.260. The van der Waals surface area contributed by atoms with Crippen LogP contribution < -0.4 is 0 Å². The lowest BCUT2D eigenvalue weighted by molar-refractivity contribution is 0.360. The van der Waals surface area contributed by atoms with E-state index in [1.165, 1.54) is 19.3 Å². The largest absolute Gasteiger partial charge is 0.103 e. The van der Waals surface area contributed by atoms with Gasteiger partial charge < -0.3 is 0 Å². The Morgan fingerprint density at radius 1 is 1.36 bits per heavy atom. The van der Waals surface area contributed by atoms with Gasteiger partial charge in [0.2, 0.25) is 0 Å². The minimum Gasteiger partial charge on any atom is -0.103 e. The van der Waals surface area contributed by atoms with Gasteiger partial charge in [-0.15, -0.1) is 6.58 Å². The third-order valence-corrected chi connectivity index (χ3v) is 2.07. The molecule has 0 amide bonds. The van der Waals surface area contributed by atoms with Gasteiger partial charge in [-0.2, -0.15) is 0 Å². The van der Waals surface area contributed by atoms with Crippen LogP contribution in [0, 0.1) is 11.8 Å². The highest BCUT2D eigenvalue weighted by molar-refractivity contribution is 4.74. The van der Waals surface area contributed by atoms with Crippen LogP contribution in [0.3, 0.4) is 0 Å². The minimum atomic E-state index is 0. The van der Waals surface area contributed by atoms with Crippen molar-refractivity contribution in [3.8, 4) is 0 Å². The van der Waals surface area contributed by atoms with E-state index in [4.69, 9.17) is 0 Å². The maximum absolute atomic E-state index is 3.77. The Kier molecular flexibility index (Phi) is 9.51. The smallest absolute Gasteiger partial charge is 0.0322 e. The Morgan fingerprint density at radius 2 is 1.91 bits per heavy atom. The standard InChI is InChI=1S/C10H20.CH4/c1-5-7-10(8-6-2)9(3)4;/h5,9-10H,1,6-8H2,2-4H3;1H4/t10-;/m1./s1. The molecule has 0 spiro atoms. The Balaban J connectivity index is 0. The maximum Gasteiger partial charge on any atom is -0.0322 e. The Labute approximate surface area is 72.7 Å². The van der Waals surface area contributed by atoms with Crippen molar-refractivity contribution in [2.45, 2.75) is 47.5 Å². The normalized spacial score (nSPS) is 12.4. The summed E-state index contributed by atoms with van der Waals surface area (Å²) in [4.78, 5) is 0. The maximum atomic E-state index is 3.77.